The highest BCUT2D eigenvalue weighted by Gasteiger charge is 2.01. The minimum atomic E-state index is 0. The van der Waals surface area contributed by atoms with E-state index in [1.54, 1.807) is 7.11 Å². The first kappa shape index (κ1) is 14.6. The molecule has 3 nitrogen and oxygen atoms in total. The summed E-state index contributed by atoms with van der Waals surface area (Å²) in [5, 5.41) is 7.22. The minimum absolute atomic E-state index is 0. The molecule has 0 saturated carbocycles. The zero-order chi connectivity index (χ0) is 10.6. The normalized spacial score (nSPS) is 9.20. The van der Waals surface area contributed by atoms with Crippen molar-refractivity contribution in [1.82, 2.24) is 0 Å². The first-order chi connectivity index (χ1) is 6.63. The summed E-state index contributed by atoms with van der Waals surface area (Å²) in [5.41, 5.74) is 6.35. The van der Waals surface area contributed by atoms with E-state index in [0.717, 1.165) is 15.8 Å². The van der Waals surface area contributed by atoms with Crippen LogP contribution in [0.15, 0.2) is 22.7 Å². The molecule has 0 fully saturated rings. The second-order valence-electron chi connectivity index (χ2n) is 2.62. The van der Waals surface area contributed by atoms with Gasteiger partial charge in [-0.2, -0.15) is 0 Å². The Morgan fingerprint density at radius 2 is 2.27 bits per heavy atom. The highest BCUT2D eigenvalue weighted by molar-refractivity contribution is 9.10. The molecule has 0 radical (unpaired) electrons. The molecule has 1 aromatic rings. The van der Waals surface area contributed by atoms with Crippen LogP contribution in [-0.4, -0.2) is 12.3 Å². The van der Waals surface area contributed by atoms with Gasteiger partial charge in [-0.3, -0.25) is 5.41 Å². The highest BCUT2D eigenvalue weighted by Crippen LogP contribution is 2.26. The lowest BCUT2D eigenvalue weighted by atomic mass is 10.2. The van der Waals surface area contributed by atoms with Crippen molar-refractivity contribution in [3.63, 3.8) is 0 Å². The number of benzene rings is 1. The van der Waals surface area contributed by atoms with Gasteiger partial charge in [-0.25, -0.2) is 0 Å². The van der Waals surface area contributed by atoms with Gasteiger partial charge < -0.3 is 10.5 Å². The summed E-state index contributed by atoms with van der Waals surface area (Å²) in [5.74, 6) is 1.51. The van der Waals surface area contributed by atoms with E-state index in [1.807, 2.05) is 18.2 Å². The molecule has 0 unspecified atom stereocenters. The van der Waals surface area contributed by atoms with Crippen molar-refractivity contribution in [3.8, 4) is 5.75 Å². The Balaban J connectivity index is 0.00000196. The van der Waals surface area contributed by atoms with E-state index in [0.29, 0.717) is 5.75 Å². The molecular weight excluding hydrogens is 300 g/mol. The van der Waals surface area contributed by atoms with E-state index in [9.17, 15) is 0 Å². The Kier molecular flexibility index (Phi) is 6.80. The molecule has 1 rings (SSSR count). The topological polar surface area (TPSA) is 59.1 Å². The molecule has 84 valence electrons. The zero-order valence-corrected chi connectivity index (χ0v) is 11.3. The average Bonchev–Trinajstić information content (AvgIpc) is 2.15. The van der Waals surface area contributed by atoms with E-state index in [-0.39, 0.29) is 17.6 Å². The van der Waals surface area contributed by atoms with Gasteiger partial charge in [0, 0.05) is 5.75 Å². The molecular formula is C9H12BrClN2OS. The third-order valence-electron chi connectivity index (χ3n) is 1.61. The fourth-order valence-corrected chi connectivity index (χ4v) is 2.05. The van der Waals surface area contributed by atoms with Gasteiger partial charge in [-0.05, 0) is 33.6 Å². The smallest absolute Gasteiger partial charge is 0.151 e. The molecule has 0 aliphatic heterocycles. The number of ether oxygens (including phenoxy) is 1. The first-order valence-electron chi connectivity index (χ1n) is 3.92. The summed E-state index contributed by atoms with van der Waals surface area (Å²) in [7, 11) is 1.63. The van der Waals surface area contributed by atoms with Crippen molar-refractivity contribution in [2.45, 2.75) is 5.75 Å². The van der Waals surface area contributed by atoms with Crippen LogP contribution in [0.5, 0.6) is 5.75 Å². The highest BCUT2D eigenvalue weighted by atomic mass is 79.9. The number of hydrogen-bond donors (Lipinski definition) is 2. The van der Waals surface area contributed by atoms with E-state index in [2.05, 4.69) is 15.9 Å². The maximum absolute atomic E-state index is 7.08. The summed E-state index contributed by atoms with van der Waals surface area (Å²) >= 11 is 4.70. The number of amidine groups is 1. The lowest BCUT2D eigenvalue weighted by molar-refractivity contribution is 0.412. The molecule has 1 aromatic carbocycles. The van der Waals surface area contributed by atoms with Crippen LogP contribution < -0.4 is 10.5 Å². The van der Waals surface area contributed by atoms with Crippen LogP contribution in [0.2, 0.25) is 0 Å². The van der Waals surface area contributed by atoms with Crippen molar-refractivity contribution in [3.05, 3.63) is 28.2 Å². The Morgan fingerprint density at radius 1 is 1.60 bits per heavy atom. The molecule has 0 heterocycles. The number of nitrogens with two attached hydrogens (primary N) is 1. The largest absolute Gasteiger partial charge is 0.496 e. The molecule has 0 amide bonds. The van der Waals surface area contributed by atoms with Crippen LogP contribution in [0.25, 0.3) is 0 Å². The summed E-state index contributed by atoms with van der Waals surface area (Å²) < 4.78 is 6.02. The van der Waals surface area contributed by atoms with Crippen LogP contribution in [0.4, 0.5) is 0 Å². The monoisotopic (exact) mass is 310 g/mol. The maximum atomic E-state index is 7.08. The maximum Gasteiger partial charge on any atom is 0.151 e. The quantitative estimate of drug-likeness (QED) is 0.666. The first-order valence-corrected chi connectivity index (χ1v) is 5.70. The Hall–Kier alpha value is -0.390. The standard InChI is InChI=1S/C9H11BrN2OS.ClH/c1-13-8-3-2-6(4-7(8)10)5-14-9(11)12;/h2-4H,5H2,1H3,(H3,11,12);1H. The van der Waals surface area contributed by atoms with Crippen LogP contribution in [0.3, 0.4) is 0 Å². The van der Waals surface area contributed by atoms with Crippen molar-refractivity contribution in [2.75, 3.05) is 7.11 Å². The van der Waals surface area contributed by atoms with E-state index < -0.39 is 0 Å². The fraction of sp³-hybridized carbons (Fsp3) is 0.222. The Bertz CT molecular complexity index is 349. The number of nitrogens with one attached hydrogen (secondary N) is 1. The van der Waals surface area contributed by atoms with E-state index >= 15 is 0 Å². The fourth-order valence-electron chi connectivity index (χ4n) is 0.961. The van der Waals surface area contributed by atoms with E-state index in [4.69, 9.17) is 15.9 Å². The van der Waals surface area contributed by atoms with Gasteiger partial charge in [0.2, 0.25) is 0 Å². The summed E-state index contributed by atoms with van der Waals surface area (Å²) in [6.07, 6.45) is 0. The molecule has 0 aromatic heterocycles. The number of halogens is 2. The number of rotatable bonds is 3. The van der Waals surface area contributed by atoms with Gasteiger partial charge in [0.25, 0.3) is 0 Å². The molecule has 15 heavy (non-hydrogen) atoms. The number of methoxy groups -OCH3 is 1. The molecule has 0 aliphatic carbocycles. The van der Waals surface area contributed by atoms with Crippen LogP contribution in [0.1, 0.15) is 5.56 Å². The average molecular weight is 312 g/mol. The predicted octanol–water partition coefficient (Wildman–Crippen LogP) is 3.01. The second kappa shape index (κ2) is 6.98. The zero-order valence-electron chi connectivity index (χ0n) is 8.12. The molecule has 0 aliphatic rings. The molecule has 0 spiro atoms. The van der Waals surface area contributed by atoms with Gasteiger partial charge in [0.1, 0.15) is 5.75 Å². The summed E-state index contributed by atoms with van der Waals surface area (Å²) in [6.45, 7) is 0. The minimum Gasteiger partial charge on any atom is -0.496 e. The van der Waals surface area contributed by atoms with Crippen molar-refractivity contribution in [1.29, 1.82) is 5.41 Å². The molecule has 0 atom stereocenters. The Labute approximate surface area is 108 Å². The lowest BCUT2D eigenvalue weighted by Crippen LogP contribution is -2.03. The van der Waals surface area contributed by atoms with Crippen molar-refractivity contribution in [2.24, 2.45) is 5.73 Å². The second-order valence-corrected chi connectivity index (χ2v) is 4.49. The van der Waals surface area contributed by atoms with Crippen LogP contribution >= 0.6 is 40.1 Å². The van der Waals surface area contributed by atoms with Gasteiger partial charge in [-0.15, -0.1) is 12.4 Å². The molecule has 3 N–H and O–H groups in total. The molecule has 0 saturated heterocycles. The van der Waals surface area contributed by atoms with Crippen LogP contribution in [0, 0.1) is 5.41 Å². The van der Waals surface area contributed by atoms with Crippen molar-refractivity contribution >= 4 is 45.3 Å². The molecule has 6 heteroatoms. The molecule has 0 bridgehead atoms. The van der Waals surface area contributed by atoms with Crippen LogP contribution in [-0.2, 0) is 5.75 Å². The third-order valence-corrected chi connectivity index (χ3v) is 3.02. The van der Waals surface area contributed by atoms with E-state index in [1.165, 1.54) is 11.8 Å². The Morgan fingerprint density at radius 3 is 2.73 bits per heavy atom. The van der Waals surface area contributed by atoms with Crippen molar-refractivity contribution < 1.29 is 4.74 Å². The predicted molar refractivity (Wildman–Crippen MR) is 71.2 cm³/mol. The summed E-state index contributed by atoms with van der Waals surface area (Å²) in [4.78, 5) is 0. The van der Waals surface area contributed by atoms with Gasteiger partial charge in [0.15, 0.2) is 5.17 Å². The number of thioether (sulfide) groups is 1. The van der Waals surface area contributed by atoms with Gasteiger partial charge in [-0.1, -0.05) is 17.8 Å². The third kappa shape index (κ3) is 4.77. The number of hydrogen-bond acceptors (Lipinski definition) is 3. The summed E-state index contributed by atoms with van der Waals surface area (Å²) in [6, 6.07) is 5.81. The SMILES string of the molecule is COc1ccc(CSC(=N)N)cc1Br.Cl. The lowest BCUT2D eigenvalue weighted by Gasteiger charge is -2.05. The van der Waals surface area contributed by atoms with Gasteiger partial charge >= 0.3 is 0 Å². The van der Waals surface area contributed by atoms with Gasteiger partial charge in [0.05, 0.1) is 11.6 Å².